The summed E-state index contributed by atoms with van der Waals surface area (Å²) in [6.45, 7) is 0.832. The first-order valence-electron chi connectivity index (χ1n) is 6.63. The zero-order chi connectivity index (χ0) is 14.9. The third-order valence-corrected chi connectivity index (χ3v) is 4.47. The highest BCUT2D eigenvalue weighted by Crippen LogP contribution is 2.38. The van der Waals surface area contributed by atoms with E-state index >= 15 is 0 Å². The zero-order valence-electron chi connectivity index (χ0n) is 12.1. The summed E-state index contributed by atoms with van der Waals surface area (Å²) in [4.78, 5) is 19.3. The van der Waals surface area contributed by atoms with Gasteiger partial charge in [-0.15, -0.1) is 0 Å². The molecule has 0 saturated heterocycles. The summed E-state index contributed by atoms with van der Waals surface area (Å²) in [5.41, 5.74) is 0.281. The minimum absolute atomic E-state index is 0.109. The van der Waals surface area contributed by atoms with Gasteiger partial charge in [-0.2, -0.15) is 0 Å². The molecule has 0 aliphatic heterocycles. The fourth-order valence-electron chi connectivity index (χ4n) is 2.68. The lowest BCUT2D eigenvalue weighted by Crippen LogP contribution is -2.56. The molecule has 0 radical (unpaired) electrons. The molecular weight excluding hydrogens is 278 g/mol. The number of anilines is 1. The van der Waals surface area contributed by atoms with Crippen LogP contribution in [0.3, 0.4) is 0 Å². The van der Waals surface area contributed by atoms with Gasteiger partial charge >= 0.3 is 5.97 Å². The van der Waals surface area contributed by atoms with E-state index in [-0.39, 0.29) is 11.1 Å². The van der Waals surface area contributed by atoms with Crippen LogP contribution >= 0.6 is 11.6 Å². The zero-order valence-corrected chi connectivity index (χ0v) is 12.8. The predicted molar refractivity (Wildman–Crippen MR) is 79.7 cm³/mol. The number of carboxylic acid groups (broad SMARTS) is 1. The molecule has 0 amide bonds. The lowest BCUT2D eigenvalue weighted by molar-refractivity contribution is 0.0680. The molecule has 0 aromatic carbocycles. The van der Waals surface area contributed by atoms with Crippen LogP contribution in [-0.4, -0.2) is 54.2 Å². The van der Waals surface area contributed by atoms with Gasteiger partial charge in [-0.3, -0.25) is 0 Å². The molecule has 0 spiro atoms. The van der Waals surface area contributed by atoms with E-state index < -0.39 is 5.97 Å². The van der Waals surface area contributed by atoms with Gasteiger partial charge in [0.2, 0.25) is 0 Å². The summed E-state index contributed by atoms with van der Waals surface area (Å²) in [6, 6.07) is 1.45. The summed E-state index contributed by atoms with van der Waals surface area (Å²) in [6.07, 6.45) is 4.92. The summed E-state index contributed by atoms with van der Waals surface area (Å²) in [5, 5.41) is 9.30. The lowest BCUT2D eigenvalue weighted by atomic mass is 9.75. The van der Waals surface area contributed by atoms with Crippen molar-refractivity contribution in [3.05, 3.63) is 22.8 Å². The number of hydrogen-bond acceptors (Lipinski definition) is 4. The van der Waals surface area contributed by atoms with E-state index in [1.807, 2.05) is 11.9 Å². The summed E-state index contributed by atoms with van der Waals surface area (Å²) < 4.78 is 0. The number of carbonyl (C=O) groups is 1. The largest absolute Gasteiger partial charge is 0.478 e. The van der Waals surface area contributed by atoms with Crippen LogP contribution in [0.15, 0.2) is 12.3 Å². The quantitative estimate of drug-likeness (QED) is 0.904. The van der Waals surface area contributed by atoms with Crippen LogP contribution in [0, 0.1) is 0 Å². The Morgan fingerprint density at radius 2 is 2.10 bits per heavy atom. The first-order chi connectivity index (χ1) is 9.35. The SMILES string of the molecule is CN(CC1(N(C)C)CCC1)c1ncc(C(=O)O)cc1Cl. The number of carboxylic acids is 1. The molecular formula is C14H20ClN3O2. The number of aromatic nitrogens is 1. The van der Waals surface area contributed by atoms with Crippen molar-refractivity contribution in [1.29, 1.82) is 0 Å². The van der Waals surface area contributed by atoms with Crippen molar-refractivity contribution in [2.24, 2.45) is 0 Å². The van der Waals surface area contributed by atoms with E-state index in [0.29, 0.717) is 10.8 Å². The van der Waals surface area contributed by atoms with Crippen LogP contribution in [0.1, 0.15) is 29.6 Å². The van der Waals surface area contributed by atoms with E-state index in [1.165, 1.54) is 18.7 Å². The number of halogens is 1. The van der Waals surface area contributed by atoms with Gasteiger partial charge in [0.25, 0.3) is 0 Å². The van der Waals surface area contributed by atoms with Crippen molar-refractivity contribution in [1.82, 2.24) is 9.88 Å². The number of rotatable bonds is 5. The lowest BCUT2D eigenvalue weighted by Gasteiger charge is -2.49. The van der Waals surface area contributed by atoms with Gasteiger partial charge in [-0.25, -0.2) is 9.78 Å². The predicted octanol–water partition coefficient (Wildman–Crippen LogP) is 2.35. The van der Waals surface area contributed by atoms with Crippen molar-refractivity contribution in [2.75, 3.05) is 32.6 Å². The molecule has 0 unspecified atom stereocenters. The maximum atomic E-state index is 10.9. The average Bonchev–Trinajstić information content (AvgIpc) is 2.32. The number of aromatic carboxylic acids is 1. The minimum Gasteiger partial charge on any atom is -0.478 e. The number of pyridine rings is 1. The van der Waals surface area contributed by atoms with Gasteiger partial charge in [-0.1, -0.05) is 11.6 Å². The van der Waals surface area contributed by atoms with Crippen molar-refractivity contribution in [3.8, 4) is 0 Å². The molecule has 5 nitrogen and oxygen atoms in total. The molecule has 2 rings (SSSR count). The van der Waals surface area contributed by atoms with Crippen molar-refractivity contribution >= 4 is 23.4 Å². The van der Waals surface area contributed by atoms with Crippen molar-refractivity contribution in [3.63, 3.8) is 0 Å². The van der Waals surface area contributed by atoms with Gasteiger partial charge in [-0.05, 0) is 39.4 Å². The van der Waals surface area contributed by atoms with Gasteiger partial charge in [0.15, 0.2) is 0 Å². The topological polar surface area (TPSA) is 56.7 Å². The minimum atomic E-state index is -1.02. The molecule has 1 N–H and O–H groups in total. The Morgan fingerprint density at radius 3 is 2.50 bits per heavy atom. The molecule has 0 bridgehead atoms. The van der Waals surface area contributed by atoms with Crippen LogP contribution < -0.4 is 4.90 Å². The summed E-state index contributed by atoms with van der Waals surface area (Å²) in [7, 11) is 6.13. The van der Waals surface area contributed by atoms with Crippen LogP contribution in [0.5, 0.6) is 0 Å². The van der Waals surface area contributed by atoms with Crippen molar-refractivity contribution in [2.45, 2.75) is 24.8 Å². The van der Waals surface area contributed by atoms with E-state index in [2.05, 4.69) is 24.0 Å². The standard InChI is InChI=1S/C14H20ClN3O2/c1-17(2)14(5-4-6-14)9-18(3)12-11(15)7-10(8-16-12)13(19)20/h7-8H,4-6,9H2,1-3H3,(H,19,20). The van der Waals surface area contributed by atoms with Crippen LogP contribution in [-0.2, 0) is 0 Å². The van der Waals surface area contributed by atoms with E-state index in [9.17, 15) is 4.79 Å². The highest BCUT2D eigenvalue weighted by molar-refractivity contribution is 6.33. The maximum absolute atomic E-state index is 10.9. The average molecular weight is 298 g/mol. The Morgan fingerprint density at radius 1 is 1.45 bits per heavy atom. The second-order valence-electron chi connectivity index (χ2n) is 5.66. The van der Waals surface area contributed by atoms with Crippen molar-refractivity contribution < 1.29 is 9.90 Å². The number of hydrogen-bond donors (Lipinski definition) is 1. The normalized spacial score (nSPS) is 16.9. The molecule has 20 heavy (non-hydrogen) atoms. The highest BCUT2D eigenvalue weighted by atomic mass is 35.5. The fourth-order valence-corrected chi connectivity index (χ4v) is 2.99. The second-order valence-corrected chi connectivity index (χ2v) is 6.07. The van der Waals surface area contributed by atoms with Crippen LogP contribution in [0.25, 0.3) is 0 Å². The molecule has 1 aliphatic rings. The Bertz CT molecular complexity index is 515. The molecule has 1 saturated carbocycles. The monoisotopic (exact) mass is 297 g/mol. The van der Waals surface area contributed by atoms with Gasteiger partial charge in [0.05, 0.1) is 10.6 Å². The first-order valence-corrected chi connectivity index (χ1v) is 7.01. The Kier molecular flexibility index (Phi) is 4.20. The number of likely N-dealkylation sites (N-methyl/N-ethyl adjacent to an activating group) is 2. The summed E-state index contributed by atoms with van der Waals surface area (Å²) in [5.74, 6) is -0.387. The molecule has 110 valence electrons. The van der Waals surface area contributed by atoms with Gasteiger partial charge < -0.3 is 14.9 Å². The van der Waals surface area contributed by atoms with Crippen LogP contribution in [0.4, 0.5) is 5.82 Å². The third-order valence-electron chi connectivity index (χ3n) is 4.19. The summed E-state index contributed by atoms with van der Waals surface area (Å²) >= 11 is 6.16. The fraction of sp³-hybridized carbons (Fsp3) is 0.571. The molecule has 0 atom stereocenters. The van der Waals surface area contributed by atoms with Gasteiger partial charge in [0.1, 0.15) is 5.82 Å². The van der Waals surface area contributed by atoms with E-state index in [0.717, 1.165) is 19.4 Å². The molecule has 1 aromatic rings. The Labute approximate surface area is 124 Å². The second kappa shape index (κ2) is 5.58. The van der Waals surface area contributed by atoms with Crippen LogP contribution in [0.2, 0.25) is 5.02 Å². The Hall–Kier alpha value is -1.33. The maximum Gasteiger partial charge on any atom is 0.337 e. The molecule has 1 fully saturated rings. The van der Waals surface area contributed by atoms with E-state index in [4.69, 9.17) is 16.7 Å². The van der Waals surface area contributed by atoms with E-state index in [1.54, 1.807) is 0 Å². The Balaban J connectivity index is 2.17. The first kappa shape index (κ1) is 15.1. The molecule has 1 aliphatic carbocycles. The smallest absolute Gasteiger partial charge is 0.337 e. The molecule has 1 heterocycles. The molecule has 1 aromatic heterocycles. The third kappa shape index (κ3) is 2.74. The van der Waals surface area contributed by atoms with Gasteiger partial charge in [0, 0.05) is 25.3 Å². The molecule has 6 heteroatoms. The number of nitrogens with zero attached hydrogens (tertiary/aromatic N) is 3. The highest BCUT2D eigenvalue weighted by Gasteiger charge is 2.40.